The Morgan fingerprint density at radius 2 is 1.92 bits per heavy atom. The molecule has 2 aliphatic rings. The SMILES string of the molecule is CC(=O)NC1(C(=O)NCc2ccc3c(c2)CCCN3C)CCCCC1. The summed E-state index contributed by atoms with van der Waals surface area (Å²) < 4.78 is 0. The van der Waals surface area contributed by atoms with Gasteiger partial charge in [-0.1, -0.05) is 31.4 Å². The van der Waals surface area contributed by atoms with Gasteiger partial charge in [-0.3, -0.25) is 9.59 Å². The summed E-state index contributed by atoms with van der Waals surface area (Å²) in [5.41, 5.74) is 3.05. The fourth-order valence-corrected chi connectivity index (χ4v) is 4.20. The van der Waals surface area contributed by atoms with Gasteiger partial charge in [0.1, 0.15) is 5.54 Å². The number of carbonyl (C=O) groups excluding carboxylic acids is 2. The lowest BCUT2D eigenvalue weighted by atomic mass is 9.80. The number of hydrogen-bond acceptors (Lipinski definition) is 3. The molecule has 0 spiro atoms. The molecule has 0 aromatic heterocycles. The zero-order chi connectivity index (χ0) is 17.9. The second-order valence-electron chi connectivity index (χ2n) is 7.49. The van der Waals surface area contributed by atoms with Crippen molar-refractivity contribution >= 4 is 17.5 Å². The molecule has 0 radical (unpaired) electrons. The van der Waals surface area contributed by atoms with Gasteiger partial charge in [-0.2, -0.15) is 0 Å². The molecule has 0 bridgehead atoms. The maximum Gasteiger partial charge on any atom is 0.246 e. The molecule has 1 fully saturated rings. The van der Waals surface area contributed by atoms with Crippen molar-refractivity contribution in [2.45, 2.75) is 64.0 Å². The molecule has 1 aliphatic heterocycles. The van der Waals surface area contributed by atoms with Gasteiger partial charge in [0.25, 0.3) is 0 Å². The van der Waals surface area contributed by atoms with E-state index in [9.17, 15) is 9.59 Å². The van der Waals surface area contributed by atoms with Crippen LogP contribution in [0.25, 0.3) is 0 Å². The normalized spacial score (nSPS) is 19.0. The van der Waals surface area contributed by atoms with Crippen LogP contribution in [0.4, 0.5) is 5.69 Å². The van der Waals surface area contributed by atoms with Crippen LogP contribution in [0.1, 0.15) is 56.6 Å². The Labute approximate surface area is 150 Å². The van der Waals surface area contributed by atoms with E-state index < -0.39 is 5.54 Å². The van der Waals surface area contributed by atoms with Gasteiger partial charge >= 0.3 is 0 Å². The van der Waals surface area contributed by atoms with E-state index in [2.05, 4.69) is 40.8 Å². The Balaban J connectivity index is 1.67. The third kappa shape index (κ3) is 3.97. The largest absolute Gasteiger partial charge is 0.374 e. The number of carbonyl (C=O) groups is 2. The second-order valence-corrected chi connectivity index (χ2v) is 7.49. The number of fused-ring (bicyclic) bond motifs is 1. The van der Waals surface area contributed by atoms with Crippen molar-refractivity contribution in [3.8, 4) is 0 Å². The van der Waals surface area contributed by atoms with Gasteiger partial charge in [0.2, 0.25) is 11.8 Å². The van der Waals surface area contributed by atoms with Crippen molar-refractivity contribution in [3.05, 3.63) is 29.3 Å². The first kappa shape index (κ1) is 17.8. The Bertz CT molecular complexity index is 650. The lowest BCUT2D eigenvalue weighted by Gasteiger charge is -2.36. The van der Waals surface area contributed by atoms with E-state index in [-0.39, 0.29) is 11.8 Å². The van der Waals surface area contributed by atoms with Crippen LogP contribution < -0.4 is 15.5 Å². The number of nitrogens with zero attached hydrogens (tertiary/aromatic N) is 1. The molecule has 25 heavy (non-hydrogen) atoms. The van der Waals surface area contributed by atoms with Crippen LogP contribution in [0.2, 0.25) is 0 Å². The van der Waals surface area contributed by atoms with E-state index >= 15 is 0 Å². The van der Waals surface area contributed by atoms with E-state index in [1.54, 1.807) is 0 Å². The van der Waals surface area contributed by atoms with Gasteiger partial charge < -0.3 is 15.5 Å². The Morgan fingerprint density at radius 1 is 1.16 bits per heavy atom. The lowest BCUT2D eigenvalue weighted by molar-refractivity contribution is -0.134. The number of amides is 2. The van der Waals surface area contributed by atoms with Crippen molar-refractivity contribution in [2.75, 3.05) is 18.5 Å². The highest BCUT2D eigenvalue weighted by Crippen LogP contribution is 2.29. The minimum absolute atomic E-state index is 0.0442. The summed E-state index contributed by atoms with van der Waals surface area (Å²) in [4.78, 5) is 26.7. The molecule has 5 heteroatoms. The zero-order valence-corrected chi connectivity index (χ0v) is 15.4. The molecular formula is C20H29N3O2. The molecule has 2 N–H and O–H groups in total. The molecule has 5 nitrogen and oxygen atoms in total. The van der Waals surface area contributed by atoms with Crippen LogP contribution in [0.3, 0.4) is 0 Å². The predicted octanol–water partition coefficient (Wildman–Crippen LogP) is 2.52. The van der Waals surface area contributed by atoms with Crippen LogP contribution >= 0.6 is 0 Å². The molecular weight excluding hydrogens is 314 g/mol. The summed E-state index contributed by atoms with van der Waals surface area (Å²) in [5, 5.41) is 5.99. The summed E-state index contributed by atoms with van der Waals surface area (Å²) in [6.07, 6.45) is 6.83. The monoisotopic (exact) mass is 343 g/mol. The molecule has 1 aliphatic carbocycles. The number of nitrogens with one attached hydrogen (secondary N) is 2. The van der Waals surface area contributed by atoms with Gasteiger partial charge in [-0.25, -0.2) is 0 Å². The van der Waals surface area contributed by atoms with Crippen LogP contribution in [0, 0.1) is 0 Å². The van der Waals surface area contributed by atoms with E-state index in [0.717, 1.165) is 50.6 Å². The second kappa shape index (κ2) is 7.46. The van der Waals surface area contributed by atoms with Gasteiger partial charge in [0.15, 0.2) is 0 Å². The fraction of sp³-hybridized carbons (Fsp3) is 0.600. The van der Waals surface area contributed by atoms with Crippen LogP contribution in [-0.2, 0) is 22.6 Å². The topological polar surface area (TPSA) is 61.4 Å². The summed E-state index contributed by atoms with van der Waals surface area (Å²) in [6.45, 7) is 3.10. The summed E-state index contributed by atoms with van der Waals surface area (Å²) in [7, 11) is 2.12. The van der Waals surface area contributed by atoms with E-state index in [1.807, 2.05) is 0 Å². The highest BCUT2D eigenvalue weighted by atomic mass is 16.2. The van der Waals surface area contributed by atoms with Crippen molar-refractivity contribution in [1.29, 1.82) is 0 Å². The number of hydrogen-bond donors (Lipinski definition) is 2. The maximum absolute atomic E-state index is 12.8. The predicted molar refractivity (Wildman–Crippen MR) is 99.5 cm³/mol. The smallest absolute Gasteiger partial charge is 0.246 e. The first-order valence-electron chi connectivity index (χ1n) is 9.40. The average Bonchev–Trinajstić information content (AvgIpc) is 2.60. The lowest BCUT2D eigenvalue weighted by Crippen LogP contribution is -2.59. The molecule has 1 aromatic carbocycles. The molecule has 1 aromatic rings. The molecule has 2 amide bonds. The van der Waals surface area contributed by atoms with Crippen molar-refractivity contribution < 1.29 is 9.59 Å². The van der Waals surface area contributed by atoms with Gasteiger partial charge in [-0.05, 0) is 42.9 Å². The molecule has 0 atom stereocenters. The van der Waals surface area contributed by atoms with E-state index in [4.69, 9.17) is 0 Å². The van der Waals surface area contributed by atoms with E-state index in [0.29, 0.717) is 6.54 Å². The van der Waals surface area contributed by atoms with Gasteiger partial charge in [0, 0.05) is 32.7 Å². The Morgan fingerprint density at radius 3 is 2.64 bits per heavy atom. The third-order valence-corrected chi connectivity index (χ3v) is 5.50. The van der Waals surface area contributed by atoms with Crippen LogP contribution in [0.15, 0.2) is 18.2 Å². The summed E-state index contributed by atoms with van der Waals surface area (Å²) >= 11 is 0. The number of aryl methyl sites for hydroxylation is 1. The number of anilines is 1. The summed E-state index contributed by atoms with van der Waals surface area (Å²) in [5.74, 6) is -0.175. The van der Waals surface area contributed by atoms with Gasteiger partial charge in [-0.15, -0.1) is 0 Å². The average molecular weight is 343 g/mol. The van der Waals surface area contributed by atoms with Crippen molar-refractivity contribution in [2.24, 2.45) is 0 Å². The standard InChI is InChI=1S/C20H29N3O2/c1-15(24)22-20(10-4-3-5-11-20)19(25)21-14-16-8-9-18-17(13-16)7-6-12-23(18)2/h8-9,13H,3-7,10-12,14H2,1-2H3,(H,21,25)(H,22,24). The van der Waals surface area contributed by atoms with Crippen LogP contribution in [-0.4, -0.2) is 30.9 Å². The third-order valence-electron chi connectivity index (χ3n) is 5.50. The minimum Gasteiger partial charge on any atom is -0.374 e. The molecule has 136 valence electrons. The minimum atomic E-state index is -0.724. The van der Waals surface area contributed by atoms with Crippen molar-refractivity contribution in [3.63, 3.8) is 0 Å². The molecule has 1 saturated carbocycles. The van der Waals surface area contributed by atoms with Gasteiger partial charge in [0.05, 0.1) is 0 Å². The highest BCUT2D eigenvalue weighted by Gasteiger charge is 2.39. The van der Waals surface area contributed by atoms with Crippen molar-refractivity contribution in [1.82, 2.24) is 10.6 Å². The quantitative estimate of drug-likeness (QED) is 0.883. The van der Waals surface area contributed by atoms with Crippen LogP contribution in [0.5, 0.6) is 0 Å². The van der Waals surface area contributed by atoms with E-state index in [1.165, 1.54) is 24.6 Å². The highest BCUT2D eigenvalue weighted by molar-refractivity contribution is 5.91. The fourth-order valence-electron chi connectivity index (χ4n) is 4.20. The maximum atomic E-state index is 12.8. The summed E-state index contributed by atoms with van der Waals surface area (Å²) in [6, 6.07) is 6.45. The molecule has 1 heterocycles. The molecule has 3 rings (SSSR count). The first-order chi connectivity index (χ1) is 12.0. The zero-order valence-electron chi connectivity index (χ0n) is 15.4. The first-order valence-corrected chi connectivity index (χ1v) is 9.40. The molecule has 0 saturated heterocycles. The molecule has 0 unspecified atom stereocenters. The number of benzene rings is 1. The number of rotatable bonds is 4. The Hall–Kier alpha value is -2.04. The Kier molecular flexibility index (Phi) is 5.30.